The van der Waals surface area contributed by atoms with Gasteiger partial charge in [0.2, 0.25) is 0 Å². The van der Waals surface area contributed by atoms with Gasteiger partial charge in [-0.2, -0.15) is 5.26 Å². The molecule has 0 spiro atoms. The van der Waals surface area contributed by atoms with Crippen LogP contribution in [0.4, 0.5) is 14.6 Å². The second kappa shape index (κ2) is 11.0. The van der Waals surface area contributed by atoms with Gasteiger partial charge in [0.15, 0.2) is 0 Å². The molecule has 1 saturated carbocycles. The van der Waals surface area contributed by atoms with Gasteiger partial charge in [0.25, 0.3) is 11.5 Å². The Morgan fingerprint density at radius 1 is 1.07 bits per heavy atom. The van der Waals surface area contributed by atoms with E-state index in [2.05, 4.69) is 38.4 Å². The normalized spacial score (nSPS) is 26.4. The molecule has 214 valence electrons. The molecule has 0 unspecified atom stereocenters. The first-order valence-electron chi connectivity index (χ1n) is 14.7. The van der Waals surface area contributed by atoms with Crippen LogP contribution in [0.5, 0.6) is 0 Å². The van der Waals surface area contributed by atoms with E-state index >= 15 is 8.78 Å². The molecule has 3 aliphatic heterocycles. The maximum Gasteiger partial charge on any atom is 0.276 e. The lowest BCUT2D eigenvalue weighted by molar-refractivity contribution is -0.0847. The van der Waals surface area contributed by atoms with Crippen molar-refractivity contribution in [2.75, 3.05) is 25.0 Å². The molecule has 7 nitrogen and oxygen atoms in total. The van der Waals surface area contributed by atoms with Crippen LogP contribution in [-0.4, -0.2) is 39.1 Å². The SMILES string of the molecule is C[C@H]1Nc2ncnc3c2cc(C2(C#N)CC2)c(=O)n3CCCC/C=C\CN2CCC(CC2)C(F)(F)c2cccc1c2. The van der Waals surface area contributed by atoms with E-state index in [4.69, 9.17) is 0 Å². The molecule has 2 fully saturated rings. The molecular formula is C32H36F2N6O. The van der Waals surface area contributed by atoms with Crippen LogP contribution in [0.15, 0.2) is 53.6 Å². The van der Waals surface area contributed by atoms with Crippen LogP contribution in [0.25, 0.3) is 11.0 Å². The summed E-state index contributed by atoms with van der Waals surface area (Å²) in [5.41, 5.74) is 0.843. The third-order valence-corrected chi connectivity index (χ3v) is 9.12. The Bertz CT molecular complexity index is 1560. The Kier molecular flexibility index (Phi) is 7.37. The average Bonchev–Trinajstić information content (AvgIpc) is 3.78. The van der Waals surface area contributed by atoms with Gasteiger partial charge in [0, 0.05) is 36.2 Å². The fourth-order valence-electron chi connectivity index (χ4n) is 6.30. The molecule has 1 aliphatic carbocycles. The number of piperidine rings is 1. The molecule has 1 N–H and O–H groups in total. The fourth-order valence-corrected chi connectivity index (χ4v) is 6.30. The number of hydrogen-bond acceptors (Lipinski definition) is 6. The highest BCUT2D eigenvalue weighted by molar-refractivity contribution is 5.87. The van der Waals surface area contributed by atoms with E-state index in [0.29, 0.717) is 67.7 Å². The van der Waals surface area contributed by atoms with E-state index in [1.165, 1.54) is 12.4 Å². The minimum atomic E-state index is -2.92. The van der Waals surface area contributed by atoms with Crippen molar-refractivity contribution >= 4 is 16.9 Å². The molecule has 9 heteroatoms. The van der Waals surface area contributed by atoms with Gasteiger partial charge in [-0.05, 0) is 82.7 Å². The summed E-state index contributed by atoms with van der Waals surface area (Å²) < 4.78 is 33.2. The first-order valence-corrected chi connectivity index (χ1v) is 14.7. The molecule has 0 amide bonds. The molecule has 8 bridgehead atoms. The van der Waals surface area contributed by atoms with E-state index in [1.54, 1.807) is 22.8 Å². The number of pyridine rings is 1. The van der Waals surface area contributed by atoms with Crippen molar-refractivity contribution in [3.05, 3.63) is 75.9 Å². The highest BCUT2D eigenvalue weighted by Crippen LogP contribution is 2.47. The fraction of sp³-hybridized carbons (Fsp3) is 0.500. The first kappa shape index (κ1) is 27.5. The molecule has 5 heterocycles. The lowest BCUT2D eigenvalue weighted by Gasteiger charge is -2.35. The molecule has 7 rings (SSSR count). The maximum atomic E-state index is 15.8. The highest BCUT2D eigenvalue weighted by atomic mass is 19.3. The number of rotatable bonds is 1. The number of nitrogens with one attached hydrogen (secondary N) is 1. The van der Waals surface area contributed by atoms with E-state index in [-0.39, 0.29) is 17.2 Å². The Labute approximate surface area is 238 Å². The van der Waals surface area contributed by atoms with E-state index < -0.39 is 17.3 Å². The topological polar surface area (TPSA) is 86.8 Å². The Morgan fingerprint density at radius 3 is 2.63 bits per heavy atom. The molecule has 41 heavy (non-hydrogen) atoms. The lowest BCUT2D eigenvalue weighted by Crippen LogP contribution is -2.39. The smallest absolute Gasteiger partial charge is 0.276 e. The van der Waals surface area contributed by atoms with Crippen LogP contribution in [0.3, 0.4) is 0 Å². The summed E-state index contributed by atoms with van der Waals surface area (Å²) in [7, 11) is 0. The van der Waals surface area contributed by atoms with Crippen LogP contribution in [0.2, 0.25) is 0 Å². The number of aryl methyl sites for hydroxylation is 1. The summed E-state index contributed by atoms with van der Waals surface area (Å²) >= 11 is 0. The predicted molar refractivity (Wildman–Crippen MR) is 155 cm³/mol. The van der Waals surface area contributed by atoms with Gasteiger partial charge >= 0.3 is 0 Å². The van der Waals surface area contributed by atoms with Crippen molar-refractivity contribution in [3.8, 4) is 6.07 Å². The summed E-state index contributed by atoms with van der Waals surface area (Å²) in [5.74, 6) is -3.09. The van der Waals surface area contributed by atoms with Crippen molar-refractivity contribution < 1.29 is 8.78 Å². The van der Waals surface area contributed by atoms with Crippen LogP contribution < -0.4 is 10.9 Å². The number of benzene rings is 1. The number of nitrogens with zero attached hydrogens (tertiary/aromatic N) is 5. The zero-order valence-corrected chi connectivity index (χ0v) is 23.5. The van der Waals surface area contributed by atoms with Crippen molar-refractivity contribution in [1.29, 1.82) is 5.26 Å². The highest BCUT2D eigenvalue weighted by Gasteiger charge is 2.47. The minimum absolute atomic E-state index is 0.0428. The van der Waals surface area contributed by atoms with Gasteiger partial charge in [0.05, 0.1) is 16.9 Å². The predicted octanol–water partition coefficient (Wildman–Crippen LogP) is 6.06. The molecular weight excluding hydrogens is 522 g/mol. The average molecular weight is 559 g/mol. The van der Waals surface area contributed by atoms with Crippen LogP contribution >= 0.6 is 0 Å². The molecule has 0 radical (unpaired) electrons. The lowest BCUT2D eigenvalue weighted by atomic mass is 9.85. The summed E-state index contributed by atoms with van der Waals surface area (Å²) in [6, 6.07) is 10.5. The zero-order chi connectivity index (χ0) is 28.6. The zero-order valence-electron chi connectivity index (χ0n) is 23.5. The summed E-state index contributed by atoms with van der Waals surface area (Å²) in [6.45, 7) is 4.50. The monoisotopic (exact) mass is 558 g/mol. The Hall–Kier alpha value is -3.64. The van der Waals surface area contributed by atoms with Crippen molar-refractivity contribution in [2.24, 2.45) is 5.92 Å². The molecule has 1 aromatic carbocycles. The summed E-state index contributed by atoms with van der Waals surface area (Å²) in [6.07, 6.45) is 10.5. The number of fused-ring (bicyclic) bond motifs is 8. The van der Waals surface area contributed by atoms with Crippen LogP contribution in [0, 0.1) is 17.2 Å². The van der Waals surface area contributed by atoms with Gasteiger partial charge in [-0.15, -0.1) is 0 Å². The van der Waals surface area contributed by atoms with Crippen molar-refractivity contribution in [3.63, 3.8) is 0 Å². The molecule has 3 aromatic rings. The molecule has 1 atom stereocenters. The van der Waals surface area contributed by atoms with Crippen LogP contribution in [0.1, 0.15) is 74.6 Å². The third-order valence-electron chi connectivity index (χ3n) is 9.12. The standard InChI is InChI=1S/C32H36F2N6O/c1-22-23-8-7-9-25(18-23)32(33,34)24-10-16-39(17-11-24)14-5-3-2-4-6-15-40-29-26(28(38-22)36-21-37-29)19-27(30(40)41)31(20-35)12-13-31/h3,5,7-9,18-19,21-22,24H,2,4,6,10-17H2,1H3,(H,36,37,38)/b5-3-/t22-/m1/s1. The number of nitriles is 1. The third kappa shape index (κ3) is 5.26. The Balaban J connectivity index is 1.42. The maximum absolute atomic E-state index is 15.8. The van der Waals surface area contributed by atoms with Gasteiger partial charge in [-0.25, -0.2) is 18.7 Å². The molecule has 4 aliphatic rings. The molecule has 2 aromatic heterocycles. The van der Waals surface area contributed by atoms with E-state index in [1.807, 2.05) is 13.0 Å². The van der Waals surface area contributed by atoms with Gasteiger partial charge in [0.1, 0.15) is 17.8 Å². The van der Waals surface area contributed by atoms with Crippen molar-refractivity contribution in [2.45, 2.75) is 75.8 Å². The van der Waals surface area contributed by atoms with Gasteiger partial charge in [-0.3, -0.25) is 14.3 Å². The number of aromatic nitrogens is 3. The largest absolute Gasteiger partial charge is 0.363 e. The van der Waals surface area contributed by atoms with E-state index in [9.17, 15) is 10.1 Å². The van der Waals surface area contributed by atoms with Gasteiger partial charge in [-0.1, -0.05) is 30.4 Å². The number of anilines is 1. The van der Waals surface area contributed by atoms with Gasteiger partial charge < -0.3 is 5.32 Å². The first-order chi connectivity index (χ1) is 19.8. The van der Waals surface area contributed by atoms with E-state index in [0.717, 1.165) is 31.4 Å². The second-order valence-electron chi connectivity index (χ2n) is 11.8. The number of hydrogen-bond donors (Lipinski definition) is 1. The molecule has 1 saturated heterocycles. The van der Waals surface area contributed by atoms with Crippen molar-refractivity contribution in [1.82, 2.24) is 19.4 Å². The number of alkyl halides is 2. The number of allylic oxidation sites excluding steroid dienone is 1. The summed E-state index contributed by atoms with van der Waals surface area (Å²) in [4.78, 5) is 24.9. The second-order valence-corrected chi connectivity index (χ2v) is 11.8. The number of halogens is 2. The Morgan fingerprint density at radius 2 is 1.88 bits per heavy atom. The minimum Gasteiger partial charge on any atom is -0.363 e. The summed E-state index contributed by atoms with van der Waals surface area (Å²) in [5, 5.41) is 14.0. The quantitative estimate of drug-likeness (QED) is 0.365. The van der Waals surface area contributed by atoms with Crippen LogP contribution in [-0.2, 0) is 17.9 Å².